The molecule has 1 unspecified atom stereocenters. The first kappa shape index (κ1) is 25.0. The van der Waals surface area contributed by atoms with Crippen molar-refractivity contribution in [2.45, 2.75) is 51.0 Å². The second kappa shape index (κ2) is 10.8. The minimum absolute atomic E-state index is 0.0586. The van der Waals surface area contributed by atoms with Crippen LogP contribution in [0.15, 0.2) is 48.7 Å². The minimum Gasteiger partial charge on any atom is -0.474 e. The summed E-state index contributed by atoms with van der Waals surface area (Å²) in [7, 11) is 0. The summed E-state index contributed by atoms with van der Waals surface area (Å²) in [6, 6.07) is 12.3. The monoisotopic (exact) mass is 536 g/mol. The van der Waals surface area contributed by atoms with Crippen molar-refractivity contribution in [2.24, 2.45) is 0 Å². The van der Waals surface area contributed by atoms with Gasteiger partial charge < -0.3 is 19.8 Å². The van der Waals surface area contributed by atoms with Crippen molar-refractivity contribution < 1.29 is 13.9 Å². The van der Waals surface area contributed by atoms with Crippen molar-refractivity contribution in [1.29, 1.82) is 0 Å². The van der Waals surface area contributed by atoms with Gasteiger partial charge in [-0.1, -0.05) is 17.7 Å². The zero-order chi connectivity index (χ0) is 26.1. The van der Waals surface area contributed by atoms with Crippen LogP contribution in [0, 0.1) is 5.82 Å². The Hall–Kier alpha value is -3.27. The van der Waals surface area contributed by atoms with Crippen LogP contribution in [0.3, 0.4) is 0 Å². The van der Waals surface area contributed by atoms with E-state index in [1.807, 2.05) is 12.1 Å². The zero-order valence-corrected chi connectivity index (χ0v) is 21.8. The van der Waals surface area contributed by atoms with Gasteiger partial charge in [0.25, 0.3) is 0 Å². The fourth-order valence-corrected chi connectivity index (χ4v) is 5.23. The van der Waals surface area contributed by atoms with E-state index in [1.54, 1.807) is 24.4 Å². The quantitative estimate of drug-likeness (QED) is 0.328. The van der Waals surface area contributed by atoms with Gasteiger partial charge in [-0.05, 0) is 55.2 Å². The molecule has 198 valence electrons. The maximum absolute atomic E-state index is 14.2. The molecule has 38 heavy (non-hydrogen) atoms. The van der Waals surface area contributed by atoms with Gasteiger partial charge in [0, 0.05) is 49.1 Å². The molecule has 8 nitrogen and oxygen atoms in total. The van der Waals surface area contributed by atoms with E-state index in [9.17, 15) is 4.39 Å². The number of imidazole rings is 1. The summed E-state index contributed by atoms with van der Waals surface area (Å²) in [5.41, 5.74) is 9.26. The van der Waals surface area contributed by atoms with E-state index in [1.165, 1.54) is 6.07 Å². The molecule has 4 aromatic rings. The third-order valence-corrected chi connectivity index (χ3v) is 7.50. The topological polar surface area (TPSA) is 91.3 Å². The van der Waals surface area contributed by atoms with Gasteiger partial charge in [-0.25, -0.2) is 14.4 Å². The van der Waals surface area contributed by atoms with E-state index in [0.717, 1.165) is 74.6 Å². The van der Waals surface area contributed by atoms with Crippen LogP contribution in [0.25, 0.3) is 11.0 Å². The van der Waals surface area contributed by atoms with Gasteiger partial charge in [0.15, 0.2) is 0 Å². The lowest BCUT2D eigenvalue weighted by molar-refractivity contribution is -0.0592. The van der Waals surface area contributed by atoms with Crippen LogP contribution in [0.4, 0.5) is 10.1 Å². The summed E-state index contributed by atoms with van der Waals surface area (Å²) in [5.74, 6) is 1.70. The van der Waals surface area contributed by atoms with Crippen LogP contribution < -0.4 is 10.5 Å². The number of nitrogens with two attached hydrogens (primary N) is 1. The van der Waals surface area contributed by atoms with E-state index >= 15 is 0 Å². The number of benzene rings is 2. The Balaban J connectivity index is 1.07. The molecule has 2 aliphatic rings. The maximum Gasteiger partial charge on any atom is 0.216 e. The highest BCUT2D eigenvalue weighted by Crippen LogP contribution is 2.25. The van der Waals surface area contributed by atoms with Gasteiger partial charge in [-0.15, -0.1) is 0 Å². The summed E-state index contributed by atoms with van der Waals surface area (Å²) < 4.78 is 28.4. The van der Waals surface area contributed by atoms with E-state index in [0.29, 0.717) is 22.3 Å². The van der Waals surface area contributed by atoms with Crippen LogP contribution in [0.2, 0.25) is 5.02 Å². The number of hydrogen-bond acceptors (Lipinski definition) is 7. The third-order valence-electron chi connectivity index (χ3n) is 7.26. The Kier molecular flexibility index (Phi) is 7.14. The highest BCUT2D eigenvalue weighted by molar-refractivity contribution is 6.30. The standard InChI is InChI=1S/C28H30ClFN6O2/c29-19-2-1-18(23(30)14-19)13-26-32-9-5-28(34-26)38-21-6-10-35(11-7-21)17-27-33-24-15-20(31)3-4-25(24)36(27)16-22-8-12-37-22/h1-5,9,14-15,21-22H,6-8,10-13,16-17,31H2. The second-order valence-corrected chi connectivity index (χ2v) is 10.4. The molecule has 2 fully saturated rings. The van der Waals surface area contributed by atoms with Crippen LogP contribution >= 0.6 is 11.6 Å². The Labute approximate surface area is 225 Å². The molecule has 2 aromatic carbocycles. The van der Waals surface area contributed by atoms with Crippen molar-refractivity contribution in [3.05, 3.63) is 76.7 Å². The lowest BCUT2D eigenvalue weighted by Gasteiger charge is -2.32. The average Bonchev–Trinajstić information content (AvgIpc) is 3.20. The molecule has 10 heteroatoms. The largest absolute Gasteiger partial charge is 0.474 e. The molecular formula is C28H30ClFN6O2. The SMILES string of the molecule is Nc1ccc2c(c1)nc(CN1CCC(Oc3ccnc(Cc4ccc(Cl)cc4F)n3)CC1)n2CC1CCO1. The van der Waals surface area contributed by atoms with Crippen LogP contribution in [0.5, 0.6) is 5.88 Å². The molecule has 0 aliphatic carbocycles. The summed E-state index contributed by atoms with van der Waals surface area (Å²) in [5, 5.41) is 0.366. The number of hydrogen-bond donors (Lipinski definition) is 1. The lowest BCUT2D eigenvalue weighted by atomic mass is 10.1. The van der Waals surface area contributed by atoms with E-state index in [4.69, 9.17) is 31.8 Å². The summed E-state index contributed by atoms with van der Waals surface area (Å²) in [6.07, 6.45) is 5.07. The Morgan fingerprint density at radius 2 is 1.92 bits per heavy atom. The zero-order valence-electron chi connectivity index (χ0n) is 21.0. The van der Waals surface area contributed by atoms with E-state index in [2.05, 4.69) is 25.5 Å². The predicted octanol–water partition coefficient (Wildman–Crippen LogP) is 4.62. The fraction of sp³-hybridized carbons (Fsp3) is 0.393. The smallest absolute Gasteiger partial charge is 0.216 e. The molecule has 2 aromatic heterocycles. The van der Waals surface area contributed by atoms with Gasteiger partial charge >= 0.3 is 0 Å². The third kappa shape index (κ3) is 5.60. The number of aromatic nitrogens is 4. The first-order chi connectivity index (χ1) is 18.5. The van der Waals surface area contributed by atoms with E-state index < -0.39 is 0 Å². The molecule has 4 heterocycles. The van der Waals surface area contributed by atoms with Crippen LogP contribution in [-0.2, 0) is 24.2 Å². The molecule has 0 saturated carbocycles. The normalized spacial score (nSPS) is 18.5. The molecule has 6 rings (SSSR count). The molecule has 1 atom stereocenters. The van der Waals surface area contributed by atoms with E-state index in [-0.39, 0.29) is 24.4 Å². The minimum atomic E-state index is -0.364. The Morgan fingerprint density at radius 3 is 2.68 bits per heavy atom. The maximum atomic E-state index is 14.2. The fourth-order valence-electron chi connectivity index (χ4n) is 5.08. The van der Waals surface area contributed by atoms with Gasteiger partial charge in [0.2, 0.25) is 5.88 Å². The number of nitrogen functional groups attached to an aromatic ring is 1. The first-order valence-corrected chi connectivity index (χ1v) is 13.4. The number of piperidine rings is 1. The number of nitrogens with zero attached hydrogens (tertiary/aromatic N) is 5. The number of rotatable bonds is 8. The second-order valence-electron chi connectivity index (χ2n) is 9.99. The molecule has 0 spiro atoms. The molecule has 0 radical (unpaired) electrons. The summed E-state index contributed by atoms with van der Waals surface area (Å²) in [6.45, 7) is 4.19. The highest BCUT2D eigenvalue weighted by atomic mass is 35.5. The van der Waals surface area contributed by atoms with Crippen LogP contribution in [-0.4, -0.2) is 56.3 Å². The van der Waals surface area contributed by atoms with Crippen molar-refractivity contribution in [3.8, 4) is 5.88 Å². The van der Waals surface area contributed by atoms with Crippen LogP contribution in [0.1, 0.15) is 36.5 Å². The average molecular weight is 537 g/mol. The summed E-state index contributed by atoms with van der Waals surface area (Å²) >= 11 is 5.86. The number of likely N-dealkylation sites (tertiary alicyclic amines) is 1. The Morgan fingerprint density at radius 1 is 1.08 bits per heavy atom. The van der Waals surface area contributed by atoms with Gasteiger partial charge in [0.05, 0.1) is 30.2 Å². The number of anilines is 1. The van der Waals surface area contributed by atoms with Crippen molar-refractivity contribution in [2.75, 3.05) is 25.4 Å². The van der Waals surface area contributed by atoms with Crippen molar-refractivity contribution >= 4 is 28.3 Å². The molecule has 2 N–H and O–H groups in total. The molecule has 0 amide bonds. The summed E-state index contributed by atoms with van der Waals surface area (Å²) in [4.78, 5) is 16.1. The van der Waals surface area contributed by atoms with Gasteiger partial charge in [-0.3, -0.25) is 4.90 Å². The highest BCUT2D eigenvalue weighted by Gasteiger charge is 2.25. The van der Waals surface area contributed by atoms with Gasteiger partial charge in [0.1, 0.15) is 23.6 Å². The molecule has 0 bridgehead atoms. The number of halogens is 2. The lowest BCUT2D eigenvalue weighted by Crippen LogP contribution is -2.39. The first-order valence-electron chi connectivity index (χ1n) is 13.0. The molecular weight excluding hydrogens is 507 g/mol. The van der Waals surface area contributed by atoms with Crippen molar-refractivity contribution in [3.63, 3.8) is 0 Å². The Bertz CT molecular complexity index is 1430. The number of fused-ring (bicyclic) bond motifs is 1. The predicted molar refractivity (Wildman–Crippen MR) is 144 cm³/mol. The van der Waals surface area contributed by atoms with Gasteiger partial charge in [-0.2, -0.15) is 4.98 Å². The molecule has 2 saturated heterocycles. The number of ether oxygens (including phenoxy) is 2. The molecule has 2 aliphatic heterocycles. The van der Waals surface area contributed by atoms with Crippen molar-refractivity contribution in [1.82, 2.24) is 24.4 Å².